The van der Waals surface area contributed by atoms with Crippen LogP contribution in [0.1, 0.15) is 18.5 Å². The molecule has 2 heterocycles. The highest BCUT2D eigenvalue weighted by Gasteiger charge is 2.22. The first kappa shape index (κ1) is 12.7. The van der Waals surface area contributed by atoms with Crippen LogP contribution in [0.25, 0.3) is 0 Å². The van der Waals surface area contributed by atoms with E-state index in [-0.39, 0.29) is 0 Å². The van der Waals surface area contributed by atoms with E-state index in [0.717, 1.165) is 25.3 Å². The summed E-state index contributed by atoms with van der Waals surface area (Å²) in [5, 5.41) is 8.96. The number of aromatic nitrogens is 1. The summed E-state index contributed by atoms with van der Waals surface area (Å²) in [4.78, 5) is 8.79. The van der Waals surface area contributed by atoms with Crippen molar-refractivity contribution in [2.75, 3.05) is 37.8 Å². The van der Waals surface area contributed by atoms with Crippen LogP contribution in [-0.2, 0) is 0 Å². The first-order chi connectivity index (χ1) is 8.61. The Labute approximate surface area is 108 Å². The summed E-state index contributed by atoms with van der Waals surface area (Å²) in [6.07, 6.45) is 2.36. The maximum Gasteiger partial charge on any atom is 0.165 e. The van der Waals surface area contributed by atoms with Gasteiger partial charge in [-0.2, -0.15) is 5.26 Å². The molecule has 5 heteroatoms. The van der Waals surface area contributed by atoms with E-state index >= 15 is 0 Å². The zero-order valence-electron chi connectivity index (χ0n) is 10.9. The first-order valence-electron chi connectivity index (χ1n) is 6.20. The number of piperidine rings is 1. The van der Waals surface area contributed by atoms with E-state index in [1.807, 2.05) is 19.2 Å². The summed E-state index contributed by atoms with van der Waals surface area (Å²) >= 11 is 0. The molecule has 1 unspecified atom stereocenters. The third-order valence-electron chi connectivity index (χ3n) is 3.53. The zero-order chi connectivity index (χ0) is 13.1. The molecule has 0 aromatic carbocycles. The second-order valence-electron chi connectivity index (χ2n) is 4.89. The van der Waals surface area contributed by atoms with Crippen molar-refractivity contribution in [2.45, 2.75) is 18.9 Å². The molecule has 0 aliphatic carbocycles. The topological polar surface area (TPSA) is 69.2 Å². The minimum atomic E-state index is 0.309. The van der Waals surface area contributed by atoms with E-state index in [0.29, 0.717) is 17.4 Å². The van der Waals surface area contributed by atoms with Gasteiger partial charge in [-0.25, -0.2) is 4.98 Å². The second kappa shape index (κ2) is 5.23. The molecule has 0 saturated carbocycles. The first-order valence-corrected chi connectivity index (χ1v) is 6.20. The minimum absolute atomic E-state index is 0.309. The predicted octanol–water partition coefficient (Wildman–Crippen LogP) is 1.07. The third kappa shape index (κ3) is 2.54. The molecule has 1 aliphatic rings. The fourth-order valence-electron chi connectivity index (χ4n) is 2.39. The molecule has 0 spiro atoms. The van der Waals surface area contributed by atoms with E-state index in [1.165, 1.54) is 6.42 Å². The predicted molar refractivity (Wildman–Crippen MR) is 72.3 cm³/mol. The van der Waals surface area contributed by atoms with Crippen molar-refractivity contribution in [1.82, 2.24) is 9.88 Å². The van der Waals surface area contributed by atoms with Gasteiger partial charge in [0.2, 0.25) is 0 Å². The summed E-state index contributed by atoms with van der Waals surface area (Å²) in [7, 11) is 4.17. The summed E-state index contributed by atoms with van der Waals surface area (Å²) < 4.78 is 0. The lowest BCUT2D eigenvalue weighted by Crippen LogP contribution is -2.45. The number of hydrogen-bond donors (Lipinski definition) is 1. The van der Waals surface area contributed by atoms with Gasteiger partial charge in [0.05, 0.1) is 5.69 Å². The second-order valence-corrected chi connectivity index (χ2v) is 4.89. The number of nitrogens with two attached hydrogens (primary N) is 1. The van der Waals surface area contributed by atoms with E-state index in [4.69, 9.17) is 11.0 Å². The number of anilines is 2. The van der Waals surface area contributed by atoms with Gasteiger partial charge in [-0.15, -0.1) is 0 Å². The van der Waals surface area contributed by atoms with Crippen LogP contribution in [0.4, 0.5) is 11.5 Å². The van der Waals surface area contributed by atoms with Gasteiger partial charge in [0.15, 0.2) is 5.69 Å². The molecule has 5 nitrogen and oxygen atoms in total. The largest absolute Gasteiger partial charge is 0.396 e. The van der Waals surface area contributed by atoms with Gasteiger partial charge in [0.25, 0.3) is 0 Å². The highest BCUT2D eigenvalue weighted by molar-refractivity contribution is 5.55. The Morgan fingerprint density at radius 2 is 2.33 bits per heavy atom. The molecule has 1 aliphatic heterocycles. The summed E-state index contributed by atoms with van der Waals surface area (Å²) in [5.41, 5.74) is 6.44. The van der Waals surface area contributed by atoms with Crippen molar-refractivity contribution in [2.24, 2.45) is 0 Å². The quantitative estimate of drug-likeness (QED) is 0.844. The molecule has 0 bridgehead atoms. The number of likely N-dealkylation sites (tertiary alicyclic amines) is 1. The van der Waals surface area contributed by atoms with Crippen LogP contribution in [0.5, 0.6) is 0 Å². The number of pyridine rings is 1. The lowest BCUT2D eigenvalue weighted by Gasteiger charge is -2.36. The molecule has 18 heavy (non-hydrogen) atoms. The lowest BCUT2D eigenvalue weighted by atomic mass is 10.1. The number of nitrogen functional groups attached to an aromatic ring is 1. The Morgan fingerprint density at radius 1 is 1.56 bits per heavy atom. The van der Waals surface area contributed by atoms with Gasteiger partial charge >= 0.3 is 0 Å². The van der Waals surface area contributed by atoms with Crippen LogP contribution in [0, 0.1) is 11.3 Å². The van der Waals surface area contributed by atoms with Crippen molar-refractivity contribution >= 4 is 11.5 Å². The molecule has 1 atom stereocenters. The number of likely N-dealkylation sites (N-methyl/N-ethyl adjacent to an activating group) is 2. The summed E-state index contributed by atoms with van der Waals surface area (Å²) in [5.74, 6) is 0.820. The van der Waals surface area contributed by atoms with Gasteiger partial charge in [0.1, 0.15) is 11.9 Å². The third-order valence-corrected chi connectivity index (χ3v) is 3.53. The fourth-order valence-corrected chi connectivity index (χ4v) is 2.39. The van der Waals surface area contributed by atoms with Crippen molar-refractivity contribution < 1.29 is 0 Å². The molecule has 0 amide bonds. The molecule has 0 radical (unpaired) electrons. The maximum atomic E-state index is 8.96. The molecule has 1 saturated heterocycles. The molecule has 1 fully saturated rings. The van der Waals surface area contributed by atoms with Crippen LogP contribution >= 0.6 is 0 Å². The molecule has 2 N–H and O–H groups in total. The summed E-state index contributed by atoms with van der Waals surface area (Å²) in [6, 6.07) is 6.11. The number of rotatable bonds is 2. The van der Waals surface area contributed by atoms with Crippen LogP contribution < -0.4 is 10.6 Å². The zero-order valence-corrected chi connectivity index (χ0v) is 10.9. The summed E-state index contributed by atoms with van der Waals surface area (Å²) in [6.45, 7) is 2.19. The Morgan fingerprint density at radius 3 is 3.00 bits per heavy atom. The van der Waals surface area contributed by atoms with Crippen molar-refractivity contribution in [1.29, 1.82) is 5.26 Å². The molecule has 1 aromatic rings. The van der Waals surface area contributed by atoms with Crippen LogP contribution in [-0.4, -0.2) is 43.1 Å². The molecular weight excluding hydrogens is 226 g/mol. The standard InChI is InChI=1S/C13H19N5/c1-17-7-3-4-10(9-17)18(2)13-6-5-11(15)12(8-14)16-13/h5-6,10H,3-4,7,9,15H2,1-2H3. The normalized spacial score (nSPS) is 20.4. The maximum absolute atomic E-state index is 8.96. The highest BCUT2D eigenvalue weighted by Crippen LogP contribution is 2.21. The lowest BCUT2D eigenvalue weighted by molar-refractivity contribution is 0.247. The van der Waals surface area contributed by atoms with E-state index in [2.05, 4.69) is 21.8 Å². The van der Waals surface area contributed by atoms with Crippen LogP contribution in [0.3, 0.4) is 0 Å². The smallest absolute Gasteiger partial charge is 0.165 e. The van der Waals surface area contributed by atoms with E-state index in [9.17, 15) is 0 Å². The SMILES string of the molecule is CN1CCCC(N(C)c2ccc(N)c(C#N)n2)C1. The van der Waals surface area contributed by atoms with Gasteiger partial charge < -0.3 is 15.5 Å². The Bertz CT molecular complexity index is 465. The van der Waals surface area contributed by atoms with Crippen molar-refractivity contribution in [3.63, 3.8) is 0 Å². The Hall–Kier alpha value is -1.80. The number of nitrogens with zero attached hydrogens (tertiary/aromatic N) is 4. The molecular formula is C13H19N5. The Balaban J connectivity index is 2.18. The van der Waals surface area contributed by atoms with E-state index in [1.54, 1.807) is 6.07 Å². The average molecular weight is 245 g/mol. The highest BCUT2D eigenvalue weighted by atomic mass is 15.2. The number of nitriles is 1. The minimum Gasteiger partial charge on any atom is -0.396 e. The van der Waals surface area contributed by atoms with Gasteiger partial charge in [0, 0.05) is 19.6 Å². The average Bonchev–Trinajstić information content (AvgIpc) is 2.38. The van der Waals surface area contributed by atoms with Crippen LogP contribution in [0.2, 0.25) is 0 Å². The fraction of sp³-hybridized carbons (Fsp3) is 0.538. The monoisotopic (exact) mass is 245 g/mol. The molecule has 96 valence electrons. The molecule has 2 rings (SSSR count). The van der Waals surface area contributed by atoms with E-state index < -0.39 is 0 Å². The van der Waals surface area contributed by atoms with Gasteiger partial charge in [-0.05, 0) is 38.6 Å². The van der Waals surface area contributed by atoms with Gasteiger partial charge in [-0.3, -0.25) is 0 Å². The van der Waals surface area contributed by atoms with Crippen molar-refractivity contribution in [3.8, 4) is 6.07 Å². The molecule has 1 aromatic heterocycles. The number of hydrogen-bond acceptors (Lipinski definition) is 5. The van der Waals surface area contributed by atoms with Crippen LogP contribution in [0.15, 0.2) is 12.1 Å². The van der Waals surface area contributed by atoms with Gasteiger partial charge in [-0.1, -0.05) is 0 Å². The Kier molecular flexibility index (Phi) is 3.68. The van der Waals surface area contributed by atoms with Crippen molar-refractivity contribution in [3.05, 3.63) is 17.8 Å².